The molecule has 0 atom stereocenters. The lowest BCUT2D eigenvalue weighted by Crippen LogP contribution is -2.12. The normalized spacial score (nSPS) is 9.11. The van der Waals surface area contributed by atoms with Crippen LogP contribution in [-0.4, -0.2) is 19.3 Å². The highest BCUT2D eigenvalue weighted by Crippen LogP contribution is 2.25. The highest BCUT2D eigenvalue weighted by molar-refractivity contribution is 5.74. The number of carbonyl (C=O) groups is 2. The molecule has 1 aromatic rings. The van der Waals surface area contributed by atoms with Crippen LogP contribution in [0.4, 0.5) is 0 Å². The minimum atomic E-state index is -0.281. The third-order valence-electron chi connectivity index (χ3n) is 2.42. The van der Waals surface area contributed by atoms with Crippen molar-refractivity contribution in [2.45, 2.75) is 33.6 Å². The van der Waals surface area contributed by atoms with Crippen molar-refractivity contribution >= 4 is 12.2 Å². The first-order chi connectivity index (χ1) is 8.46. The van der Waals surface area contributed by atoms with Crippen LogP contribution >= 0.6 is 0 Å². The van der Waals surface area contributed by atoms with Gasteiger partial charge >= 0.3 is 0 Å². The van der Waals surface area contributed by atoms with Gasteiger partial charge in [-0.25, -0.2) is 0 Å². The lowest BCUT2D eigenvalue weighted by molar-refractivity contribution is -0.118. The molecule has 0 aliphatic heterocycles. The lowest BCUT2D eigenvalue weighted by Gasteiger charge is -2.12. The number of methoxy groups -OCH3 is 1. The Morgan fingerprint density at radius 2 is 1.94 bits per heavy atom. The lowest BCUT2D eigenvalue weighted by atomic mass is 10.00. The second kappa shape index (κ2) is 8.28. The van der Waals surface area contributed by atoms with Gasteiger partial charge in [0, 0.05) is 6.42 Å². The Balaban J connectivity index is 0.000000873. The molecule has 100 valence electrons. The number of hydrogen-bond donors (Lipinski definition) is 1. The van der Waals surface area contributed by atoms with Crippen molar-refractivity contribution in [1.29, 1.82) is 0 Å². The molecule has 0 aromatic heterocycles. The zero-order valence-corrected chi connectivity index (χ0v) is 11.4. The van der Waals surface area contributed by atoms with Gasteiger partial charge in [-0.05, 0) is 49.9 Å². The molecule has 0 saturated carbocycles. The summed E-state index contributed by atoms with van der Waals surface area (Å²) in [4.78, 5) is 19.5. The maximum atomic E-state index is 10.7. The van der Waals surface area contributed by atoms with Gasteiger partial charge in [0.25, 0.3) is 0 Å². The minimum absolute atomic E-state index is 0.281. The number of primary amides is 1. The molecule has 0 heterocycles. The number of hydrogen-bond acceptors (Lipinski definition) is 3. The third-order valence-corrected chi connectivity index (χ3v) is 2.42. The maximum absolute atomic E-state index is 10.7. The Bertz CT molecular complexity index is 414. The van der Waals surface area contributed by atoms with Gasteiger partial charge < -0.3 is 15.3 Å². The van der Waals surface area contributed by atoms with Gasteiger partial charge in [-0.1, -0.05) is 6.07 Å². The topological polar surface area (TPSA) is 69.4 Å². The number of benzene rings is 1. The molecule has 18 heavy (non-hydrogen) atoms. The molecule has 0 spiro atoms. The highest BCUT2D eigenvalue weighted by Gasteiger charge is 2.08. The molecule has 0 radical (unpaired) electrons. The standard InChI is InChI=1S/C12H17NO2.C2H4O/c1-8-6-9(2)10(4-5-12(13)14)11(7-8)15-3;1-2-3/h6-7H,4-5H2,1-3H3,(H2,13,14);2H,1H3. The minimum Gasteiger partial charge on any atom is -0.496 e. The number of nitrogens with two attached hydrogens (primary N) is 1. The van der Waals surface area contributed by atoms with E-state index in [4.69, 9.17) is 15.3 Å². The number of rotatable bonds is 4. The van der Waals surface area contributed by atoms with Crippen LogP contribution in [0.15, 0.2) is 12.1 Å². The molecule has 1 aromatic carbocycles. The molecule has 0 unspecified atom stereocenters. The summed E-state index contributed by atoms with van der Waals surface area (Å²) in [7, 11) is 1.64. The molecule has 0 aliphatic carbocycles. The van der Waals surface area contributed by atoms with Gasteiger partial charge in [0.2, 0.25) is 5.91 Å². The van der Waals surface area contributed by atoms with Crippen molar-refractivity contribution in [2.75, 3.05) is 7.11 Å². The Hall–Kier alpha value is -1.84. The van der Waals surface area contributed by atoms with Crippen molar-refractivity contribution in [3.8, 4) is 5.75 Å². The van der Waals surface area contributed by atoms with Gasteiger partial charge in [-0.3, -0.25) is 4.79 Å². The van der Waals surface area contributed by atoms with E-state index in [0.717, 1.165) is 28.7 Å². The van der Waals surface area contributed by atoms with E-state index in [1.165, 1.54) is 6.92 Å². The molecular formula is C14H21NO3. The van der Waals surface area contributed by atoms with Crippen LogP contribution in [0.1, 0.15) is 30.0 Å². The van der Waals surface area contributed by atoms with Crippen molar-refractivity contribution < 1.29 is 14.3 Å². The number of aldehydes is 1. The molecule has 0 aliphatic rings. The Morgan fingerprint density at radius 1 is 1.39 bits per heavy atom. The molecule has 0 fully saturated rings. The number of aryl methyl sites for hydroxylation is 2. The van der Waals surface area contributed by atoms with Crippen LogP contribution in [0.25, 0.3) is 0 Å². The predicted molar refractivity (Wildman–Crippen MR) is 71.7 cm³/mol. The molecule has 2 N–H and O–H groups in total. The summed E-state index contributed by atoms with van der Waals surface area (Å²) in [5.74, 6) is 0.561. The van der Waals surface area contributed by atoms with E-state index in [1.54, 1.807) is 7.11 Å². The van der Waals surface area contributed by atoms with E-state index >= 15 is 0 Å². The largest absolute Gasteiger partial charge is 0.496 e. The first kappa shape index (κ1) is 16.2. The van der Waals surface area contributed by atoms with Crippen molar-refractivity contribution in [1.82, 2.24) is 0 Å². The first-order valence-electron chi connectivity index (χ1n) is 5.78. The van der Waals surface area contributed by atoms with E-state index in [0.29, 0.717) is 12.8 Å². The zero-order chi connectivity index (χ0) is 14.1. The molecule has 1 rings (SSSR count). The Labute approximate surface area is 108 Å². The molecular weight excluding hydrogens is 230 g/mol. The van der Waals surface area contributed by atoms with Gasteiger partial charge in [0.05, 0.1) is 7.11 Å². The summed E-state index contributed by atoms with van der Waals surface area (Å²) >= 11 is 0. The van der Waals surface area contributed by atoms with Crippen molar-refractivity contribution in [3.05, 3.63) is 28.8 Å². The second-order valence-electron chi connectivity index (χ2n) is 3.96. The van der Waals surface area contributed by atoms with Crippen LogP contribution in [0.3, 0.4) is 0 Å². The predicted octanol–water partition coefficient (Wildman–Crippen LogP) is 1.94. The highest BCUT2D eigenvalue weighted by atomic mass is 16.5. The van der Waals surface area contributed by atoms with E-state index in [-0.39, 0.29) is 5.91 Å². The monoisotopic (exact) mass is 251 g/mol. The van der Waals surface area contributed by atoms with E-state index < -0.39 is 0 Å². The van der Waals surface area contributed by atoms with Gasteiger partial charge in [0.1, 0.15) is 12.0 Å². The average Bonchev–Trinajstić information content (AvgIpc) is 2.27. The molecule has 4 nitrogen and oxygen atoms in total. The summed E-state index contributed by atoms with van der Waals surface area (Å²) < 4.78 is 5.29. The van der Waals surface area contributed by atoms with Crippen LogP contribution in [0.5, 0.6) is 5.75 Å². The smallest absolute Gasteiger partial charge is 0.217 e. The summed E-state index contributed by atoms with van der Waals surface area (Å²) in [6.45, 7) is 5.49. The second-order valence-corrected chi connectivity index (χ2v) is 3.96. The van der Waals surface area contributed by atoms with Crippen LogP contribution < -0.4 is 10.5 Å². The molecule has 0 bridgehead atoms. The number of amides is 1. The fourth-order valence-corrected chi connectivity index (χ4v) is 1.71. The summed E-state index contributed by atoms with van der Waals surface area (Å²) in [6, 6.07) is 4.06. The van der Waals surface area contributed by atoms with E-state index in [1.807, 2.05) is 19.9 Å². The first-order valence-corrected chi connectivity index (χ1v) is 5.78. The Kier molecular flexibility index (Phi) is 7.43. The fraction of sp³-hybridized carbons (Fsp3) is 0.429. The molecule has 4 heteroatoms. The zero-order valence-electron chi connectivity index (χ0n) is 11.4. The van der Waals surface area contributed by atoms with Crippen LogP contribution in [0, 0.1) is 13.8 Å². The summed E-state index contributed by atoms with van der Waals surface area (Å²) in [5, 5.41) is 0. The van der Waals surface area contributed by atoms with E-state index in [9.17, 15) is 4.79 Å². The van der Waals surface area contributed by atoms with Gasteiger partial charge in [0.15, 0.2) is 0 Å². The SMILES string of the molecule is CC=O.COc1cc(C)cc(C)c1CCC(N)=O. The van der Waals surface area contributed by atoms with Crippen LogP contribution in [-0.2, 0) is 16.0 Å². The van der Waals surface area contributed by atoms with Gasteiger partial charge in [-0.2, -0.15) is 0 Å². The van der Waals surface area contributed by atoms with Crippen molar-refractivity contribution in [2.24, 2.45) is 5.73 Å². The molecule has 1 amide bonds. The van der Waals surface area contributed by atoms with Crippen LogP contribution in [0.2, 0.25) is 0 Å². The average molecular weight is 251 g/mol. The quantitative estimate of drug-likeness (QED) is 0.831. The number of carbonyl (C=O) groups excluding carboxylic acids is 2. The van der Waals surface area contributed by atoms with Gasteiger partial charge in [-0.15, -0.1) is 0 Å². The molecule has 0 saturated heterocycles. The summed E-state index contributed by atoms with van der Waals surface area (Å²) in [6.07, 6.45) is 1.75. The van der Waals surface area contributed by atoms with E-state index in [2.05, 4.69) is 6.07 Å². The number of ether oxygens (including phenoxy) is 1. The maximum Gasteiger partial charge on any atom is 0.217 e. The fourth-order valence-electron chi connectivity index (χ4n) is 1.71. The van der Waals surface area contributed by atoms with Crippen molar-refractivity contribution in [3.63, 3.8) is 0 Å². The third kappa shape index (κ3) is 5.48. The summed E-state index contributed by atoms with van der Waals surface area (Å²) in [5.41, 5.74) is 8.51. The Morgan fingerprint density at radius 3 is 2.39 bits per heavy atom.